The highest BCUT2D eigenvalue weighted by Gasteiger charge is 2.55. The molecule has 0 unspecified atom stereocenters. The van der Waals surface area contributed by atoms with E-state index in [9.17, 15) is 9.59 Å². The number of methoxy groups -OCH3 is 2. The van der Waals surface area contributed by atoms with Crippen molar-refractivity contribution >= 4 is 11.8 Å². The summed E-state index contributed by atoms with van der Waals surface area (Å²) in [5, 5.41) is 2.82. The largest absolute Gasteiger partial charge is 0.446 e. The van der Waals surface area contributed by atoms with Gasteiger partial charge in [-0.15, -0.1) is 0 Å². The van der Waals surface area contributed by atoms with Crippen LogP contribution in [0, 0.1) is 23.2 Å². The quantitative estimate of drug-likeness (QED) is 0.495. The van der Waals surface area contributed by atoms with Gasteiger partial charge in [-0.05, 0) is 69.1 Å². The van der Waals surface area contributed by atoms with Gasteiger partial charge in [0.15, 0.2) is 5.69 Å². The third-order valence-corrected chi connectivity index (χ3v) is 7.48. The molecule has 1 N–H and O–H groups in total. The van der Waals surface area contributed by atoms with E-state index >= 15 is 0 Å². The van der Waals surface area contributed by atoms with Gasteiger partial charge in [-0.3, -0.25) is 9.59 Å². The molecule has 4 saturated carbocycles. The molecule has 1 aromatic rings. The van der Waals surface area contributed by atoms with E-state index in [1.807, 2.05) is 4.90 Å². The molecule has 2 amide bonds. The molecule has 4 fully saturated rings. The van der Waals surface area contributed by atoms with Crippen molar-refractivity contribution in [2.45, 2.75) is 57.9 Å². The fourth-order valence-corrected chi connectivity index (χ4v) is 6.52. The first-order valence-electron chi connectivity index (χ1n) is 12.0. The molecule has 0 atom stereocenters. The number of aromatic nitrogens is 1. The maximum atomic E-state index is 13.9. The van der Waals surface area contributed by atoms with Crippen LogP contribution in [0.4, 0.5) is 0 Å². The zero-order valence-corrected chi connectivity index (χ0v) is 19.4. The lowest BCUT2D eigenvalue weighted by Gasteiger charge is -2.56. The van der Waals surface area contributed by atoms with E-state index in [0.29, 0.717) is 56.5 Å². The molecule has 32 heavy (non-hydrogen) atoms. The summed E-state index contributed by atoms with van der Waals surface area (Å²) in [6, 6.07) is 0. The maximum Gasteiger partial charge on any atom is 0.273 e. The average molecular weight is 448 g/mol. The van der Waals surface area contributed by atoms with E-state index in [2.05, 4.69) is 10.3 Å². The van der Waals surface area contributed by atoms with E-state index in [0.717, 1.165) is 32.1 Å². The molecule has 0 radical (unpaired) electrons. The van der Waals surface area contributed by atoms with Crippen molar-refractivity contribution in [2.24, 2.45) is 23.2 Å². The number of nitrogens with one attached hydrogen (secondary N) is 1. The second-order valence-electron chi connectivity index (χ2n) is 10.00. The Morgan fingerprint density at radius 1 is 1.09 bits per heavy atom. The number of amides is 2. The minimum atomic E-state index is -0.269. The van der Waals surface area contributed by atoms with Crippen LogP contribution in [-0.2, 0) is 20.8 Å². The van der Waals surface area contributed by atoms with E-state index in [1.54, 1.807) is 14.2 Å². The number of ether oxygens (including phenoxy) is 2. The molecule has 8 nitrogen and oxygen atoms in total. The molecule has 4 aliphatic rings. The van der Waals surface area contributed by atoms with Crippen LogP contribution in [-0.4, -0.2) is 62.2 Å². The number of oxazole rings is 1. The third-order valence-electron chi connectivity index (χ3n) is 7.48. The fraction of sp³-hybridized carbons (Fsp3) is 0.792. The summed E-state index contributed by atoms with van der Waals surface area (Å²) in [6.07, 6.45) is 9.87. The Hall–Kier alpha value is -1.93. The molecule has 0 aliphatic heterocycles. The molecule has 0 spiro atoms. The Bertz CT molecular complexity index is 757. The Morgan fingerprint density at radius 3 is 2.34 bits per heavy atom. The Balaban J connectivity index is 1.42. The summed E-state index contributed by atoms with van der Waals surface area (Å²) in [5.74, 6) is 2.51. The highest BCUT2D eigenvalue weighted by Crippen LogP contribution is 2.60. The lowest BCUT2D eigenvalue weighted by molar-refractivity contribution is -0.158. The second-order valence-corrected chi connectivity index (χ2v) is 10.00. The van der Waals surface area contributed by atoms with Crippen molar-refractivity contribution in [2.75, 3.05) is 40.5 Å². The molecule has 1 heterocycles. The first kappa shape index (κ1) is 23.2. The van der Waals surface area contributed by atoms with Crippen LogP contribution in [0.5, 0.6) is 0 Å². The van der Waals surface area contributed by atoms with E-state index in [1.165, 1.54) is 25.5 Å². The molecule has 5 rings (SSSR count). The summed E-state index contributed by atoms with van der Waals surface area (Å²) in [5.41, 5.74) is 0.0344. The number of carbonyl (C=O) groups is 2. The third kappa shape index (κ3) is 5.17. The first-order valence-corrected chi connectivity index (χ1v) is 12.0. The van der Waals surface area contributed by atoms with E-state index in [-0.39, 0.29) is 22.9 Å². The number of nitrogens with zero attached hydrogens (tertiary/aromatic N) is 2. The number of rotatable bonds is 12. The van der Waals surface area contributed by atoms with Gasteiger partial charge in [0.05, 0.1) is 12.0 Å². The van der Waals surface area contributed by atoms with Crippen LogP contribution in [0.15, 0.2) is 10.7 Å². The summed E-state index contributed by atoms with van der Waals surface area (Å²) in [7, 11) is 3.31. The Kier molecular flexibility index (Phi) is 7.51. The van der Waals surface area contributed by atoms with Crippen LogP contribution >= 0.6 is 0 Å². The van der Waals surface area contributed by atoms with Crippen LogP contribution < -0.4 is 5.32 Å². The van der Waals surface area contributed by atoms with Gasteiger partial charge in [-0.25, -0.2) is 4.98 Å². The predicted molar refractivity (Wildman–Crippen MR) is 118 cm³/mol. The summed E-state index contributed by atoms with van der Waals surface area (Å²) < 4.78 is 15.8. The minimum absolute atomic E-state index is 0.212. The first-order chi connectivity index (χ1) is 15.5. The molecule has 178 valence electrons. The summed E-state index contributed by atoms with van der Waals surface area (Å²) in [4.78, 5) is 32.4. The summed E-state index contributed by atoms with van der Waals surface area (Å²) >= 11 is 0. The van der Waals surface area contributed by atoms with Gasteiger partial charge in [0, 0.05) is 40.5 Å². The monoisotopic (exact) mass is 447 g/mol. The van der Waals surface area contributed by atoms with Gasteiger partial charge in [0.25, 0.3) is 5.91 Å². The molecule has 8 heteroatoms. The second kappa shape index (κ2) is 10.3. The lowest BCUT2D eigenvalue weighted by Crippen LogP contribution is -2.54. The minimum Gasteiger partial charge on any atom is -0.446 e. The normalized spacial score (nSPS) is 28.1. The van der Waals surface area contributed by atoms with Gasteiger partial charge >= 0.3 is 0 Å². The molecular weight excluding hydrogens is 410 g/mol. The molecule has 0 aromatic carbocycles. The van der Waals surface area contributed by atoms with Crippen molar-refractivity contribution in [1.82, 2.24) is 15.2 Å². The molecule has 1 aromatic heterocycles. The lowest BCUT2D eigenvalue weighted by atomic mass is 9.49. The fourth-order valence-electron chi connectivity index (χ4n) is 6.52. The van der Waals surface area contributed by atoms with Crippen LogP contribution in [0.1, 0.15) is 67.7 Å². The predicted octanol–water partition coefficient (Wildman–Crippen LogP) is 3.02. The molecule has 4 bridgehead atoms. The van der Waals surface area contributed by atoms with E-state index in [4.69, 9.17) is 13.9 Å². The van der Waals surface area contributed by atoms with Gasteiger partial charge in [-0.1, -0.05) is 0 Å². The zero-order valence-electron chi connectivity index (χ0n) is 19.4. The topological polar surface area (TPSA) is 93.9 Å². The SMILES string of the molecule is COCCCNC(=O)c1coc(CN(CCCOC)C(=O)C23CC4CC(CC(C4)C2)C3)n1. The van der Waals surface area contributed by atoms with Crippen molar-refractivity contribution < 1.29 is 23.5 Å². The Morgan fingerprint density at radius 2 is 1.72 bits per heavy atom. The number of hydrogen-bond acceptors (Lipinski definition) is 6. The van der Waals surface area contributed by atoms with Crippen LogP contribution in [0.3, 0.4) is 0 Å². The maximum absolute atomic E-state index is 13.9. The van der Waals surface area contributed by atoms with Gasteiger partial charge in [0.1, 0.15) is 6.26 Å². The average Bonchev–Trinajstić information content (AvgIpc) is 3.23. The van der Waals surface area contributed by atoms with Crippen molar-refractivity contribution in [3.63, 3.8) is 0 Å². The van der Waals surface area contributed by atoms with Gasteiger partial charge < -0.3 is 24.1 Å². The molecule has 4 aliphatic carbocycles. The molecular formula is C24H37N3O5. The van der Waals surface area contributed by atoms with Crippen molar-refractivity contribution in [1.29, 1.82) is 0 Å². The van der Waals surface area contributed by atoms with Crippen molar-refractivity contribution in [3.05, 3.63) is 17.8 Å². The van der Waals surface area contributed by atoms with Crippen LogP contribution in [0.25, 0.3) is 0 Å². The van der Waals surface area contributed by atoms with Crippen LogP contribution in [0.2, 0.25) is 0 Å². The summed E-state index contributed by atoms with van der Waals surface area (Å²) in [6.45, 7) is 2.61. The number of hydrogen-bond donors (Lipinski definition) is 1. The molecule has 0 saturated heterocycles. The van der Waals surface area contributed by atoms with Crippen molar-refractivity contribution in [3.8, 4) is 0 Å². The van der Waals surface area contributed by atoms with Gasteiger partial charge in [-0.2, -0.15) is 0 Å². The zero-order chi connectivity index (χ0) is 22.6. The van der Waals surface area contributed by atoms with E-state index < -0.39 is 0 Å². The smallest absolute Gasteiger partial charge is 0.273 e. The van der Waals surface area contributed by atoms with Gasteiger partial charge in [0.2, 0.25) is 11.8 Å². The Labute approximate surface area is 190 Å². The number of carbonyl (C=O) groups excluding carboxylic acids is 2. The standard InChI is InChI=1S/C24H37N3O5/c1-30-7-3-5-25-22(28)20-16-32-21(26-20)15-27(6-4-8-31-2)23(29)24-12-17-9-18(13-24)11-19(10-17)14-24/h16-19H,3-15H2,1-2H3,(H,25,28). The highest BCUT2D eigenvalue weighted by atomic mass is 16.5. The highest BCUT2D eigenvalue weighted by molar-refractivity contribution is 5.91.